The number of carbonyl (C=O) groups is 1. The third-order valence-electron chi connectivity index (χ3n) is 3.81. The molecule has 0 saturated heterocycles. The topological polar surface area (TPSA) is 61.4 Å². The second-order valence-electron chi connectivity index (χ2n) is 5.94. The third-order valence-corrected chi connectivity index (χ3v) is 5.23. The molecule has 3 N–H and O–H groups in total. The highest BCUT2D eigenvalue weighted by Crippen LogP contribution is 2.32. The zero-order valence-corrected chi connectivity index (χ0v) is 16.3. The van der Waals surface area contributed by atoms with Crippen molar-refractivity contribution in [2.45, 2.75) is 23.3 Å². The van der Waals surface area contributed by atoms with Gasteiger partial charge in [0.05, 0.1) is 5.02 Å². The molecule has 0 fully saturated rings. The average molecular weight is 399 g/mol. The van der Waals surface area contributed by atoms with Crippen LogP contribution in [0.25, 0.3) is 0 Å². The van der Waals surface area contributed by atoms with Gasteiger partial charge in [-0.25, -0.2) is 0 Å². The number of carbonyl (C=O) groups excluding carboxylic acids is 1. The molecular formula is C21H19ClN2O2S. The first kappa shape index (κ1) is 19.1. The largest absolute Gasteiger partial charge is 0.506 e. The quantitative estimate of drug-likeness (QED) is 0.461. The second kappa shape index (κ2) is 8.84. The molecule has 0 saturated carbocycles. The first-order valence-electron chi connectivity index (χ1n) is 8.37. The Morgan fingerprint density at radius 1 is 1.04 bits per heavy atom. The average Bonchev–Trinajstić information content (AvgIpc) is 2.65. The fourth-order valence-corrected chi connectivity index (χ4v) is 3.62. The number of hydrogen-bond donors (Lipinski definition) is 3. The van der Waals surface area contributed by atoms with Crippen molar-refractivity contribution in [3.05, 3.63) is 77.3 Å². The fraction of sp³-hybridized carbons (Fsp3) is 0.0952. The molecule has 0 aliphatic carbocycles. The Bertz CT molecular complexity index is 945. The molecule has 3 aromatic carbocycles. The monoisotopic (exact) mass is 398 g/mol. The molecule has 3 rings (SSSR count). The molecule has 1 amide bonds. The summed E-state index contributed by atoms with van der Waals surface area (Å²) in [6.07, 6.45) is 0. The van der Waals surface area contributed by atoms with E-state index < -0.39 is 0 Å². The fourth-order valence-electron chi connectivity index (χ4n) is 2.50. The van der Waals surface area contributed by atoms with Gasteiger partial charge in [0.2, 0.25) is 5.91 Å². The summed E-state index contributed by atoms with van der Waals surface area (Å²) in [5.74, 6) is -0.0120. The standard InChI is InChI=1S/C21H19ClN2O2S/c1-14(25)24-16-6-9-18(10-7-16)27-21-5-3-2-4-15(21)13-23-17-8-11-20(26)19(22)12-17/h2-12,23,26H,13H2,1H3,(H,24,25). The highest BCUT2D eigenvalue weighted by molar-refractivity contribution is 7.99. The van der Waals surface area contributed by atoms with E-state index in [4.69, 9.17) is 11.6 Å². The number of nitrogens with one attached hydrogen (secondary N) is 2. The number of hydrogen-bond acceptors (Lipinski definition) is 4. The maximum absolute atomic E-state index is 11.1. The van der Waals surface area contributed by atoms with Gasteiger partial charge in [-0.3, -0.25) is 4.79 Å². The molecule has 0 atom stereocenters. The maximum atomic E-state index is 11.1. The van der Waals surface area contributed by atoms with Gasteiger partial charge in [-0.05, 0) is 54.1 Å². The lowest BCUT2D eigenvalue weighted by molar-refractivity contribution is -0.114. The van der Waals surface area contributed by atoms with Crippen LogP contribution in [0.3, 0.4) is 0 Å². The van der Waals surface area contributed by atoms with Crippen LogP contribution in [0, 0.1) is 0 Å². The highest BCUT2D eigenvalue weighted by Gasteiger charge is 2.06. The first-order chi connectivity index (χ1) is 13.0. The molecule has 0 aliphatic heterocycles. The minimum Gasteiger partial charge on any atom is -0.506 e. The molecular weight excluding hydrogens is 380 g/mol. The number of halogens is 1. The van der Waals surface area contributed by atoms with Crippen molar-refractivity contribution in [1.29, 1.82) is 0 Å². The zero-order chi connectivity index (χ0) is 19.2. The molecule has 0 unspecified atom stereocenters. The van der Waals surface area contributed by atoms with Crippen LogP contribution < -0.4 is 10.6 Å². The van der Waals surface area contributed by atoms with E-state index in [1.54, 1.807) is 30.0 Å². The van der Waals surface area contributed by atoms with Crippen molar-refractivity contribution in [3.63, 3.8) is 0 Å². The SMILES string of the molecule is CC(=O)Nc1ccc(Sc2ccccc2CNc2ccc(O)c(Cl)c2)cc1. The molecule has 6 heteroatoms. The lowest BCUT2D eigenvalue weighted by Gasteiger charge is -2.12. The van der Waals surface area contributed by atoms with Crippen LogP contribution in [0.5, 0.6) is 5.75 Å². The van der Waals surface area contributed by atoms with Crippen molar-refractivity contribution in [3.8, 4) is 5.75 Å². The number of amides is 1. The summed E-state index contributed by atoms with van der Waals surface area (Å²) in [5.41, 5.74) is 2.78. The van der Waals surface area contributed by atoms with E-state index in [1.807, 2.05) is 36.4 Å². The molecule has 3 aromatic rings. The summed E-state index contributed by atoms with van der Waals surface area (Å²) in [7, 11) is 0. The Balaban J connectivity index is 1.70. The Morgan fingerprint density at radius 2 is 1.74 bits per heavy atom. The molecule has 27 heavy (non-hydrogen) atoms. The minimum absolute atomic E-state index is 0.0703. The number of aromatic hydroxyl groups is 1. The lowest BCUT2D eigenvalue weighted by Crippen LogP contribution is -2.05. The van der Waals surface area contributed by atoms with Crippen LogP contribution in [-0.2, 0) is 11.3 Å². The van der Waals surface area contributed by atoms with E-state index in [1.165, 1.54) is 6.92 Å². The van der Waals surface area contributed by atoms with Gasteiger partial charge in [0.15, 0.2) is 0 Å². The second-order valence-corrected chi connectivity index (χ2v) is 7.46. The lowest BCUT2D eigenvalue weighted by atomic mass is 10.2. The number of rotatable bonds is 6. The van der Waals surface area contributed by atoms with Crippen LogP contribution in [0.2, 0.25) is 5.02 Å². The van der Waals surface area contributed by atoms with Gasteiger partial charge in [0.1, 0.15) is 5.75 Å². The summed E-state index contributed by atoms with van der Waals surface area (Å²) in [4.78, 5) is 13.3. The number of phenols is 1. The molecule has 0 heterocycles. The Hall–Kier alpha value is -2.63. The zero-order valence-electron chi connectivity index (χ0n) is 14.7. The number of benzene rings is 3. The molecule has 0 bridgehead atoms. The van der Waals surface area contributed by atoms with Crippen LogP contribution >= 0.6 is 23.4 Å². The Morgan fingerprint density at radius 3 is 2.44 bits per heavy atom. The predicted octanol–water partition coefficient (Wildman–Crippen LogP) is 5.77. The summed E-state index contributed by atoms with van der Waals surface area (Å²) in [6.45, 7) is 2.13. The molecule has 4 nitrogen and oxygen atoms in total. The van der Waals surface area contributed by atoms with Gasteiger partial charge < -0.3 is 15.7 Å². The predicted molar refractivity (Wildman–Crippen MR) is 112 cm³/mol. The Labute approximate surface area is 167 Å². The van der Waals surface area contributed by atoms with Crippen LogP contribution in [0.15, 0.2) is 76.5 Å². The molecule has 0 radical (unpaired) electrons. The summed E-state index contributed by atoms with van der Waals surface area (Å²) in [6, 6.07) is 21.0. The van der Waals surface area contributed by atoms with Crippen molar-refractivity contribution in [2.24, 2.45) is 0 Å². The van der Waals surface area contributed by atoms with E-state index >= 15 is 0 Å². The van der Waals surface area contributed by atoms with Gasteiger partial charge in [-0.1, -0.05) is 41.6 Å². The van der Waals surface area contributed by atoms with Gasteiger partial charge in [0.25, 0.3) is 0 Å². The highest BCUT2D eigenvalue weighted by atomic mass is 35.5. The number of phenolic OH excluding ortho intramolecular Hbond substituents is 1. The third kappa shape index (κ3) is 5.42. The molecule has 0 aliphatic rings. The van der Waals surface area contributed by atoms with Crippen molar-refractivity contribution >= 4 is 40.6 Å². The van der Waals surface area contributed by atoms with E-state index in [2.05, 4.69) is 22.8 Å². The van der Waals surface area contributed by atoms with Crippen LogP contribution in [-0.4, -0.2) is 11.0 Å². The van der Waals surface area contributed by atoms with Gasteiger partial charge in [-0.15, -0.1) is 0 Å². The normalized spacial score (nSPS) is 10.4. The smallest absolute Gasteiger partial charge is 0.221 e. The van der Waals surface area contributed by atoms with Crippen molar-refractivity contribution < 1.29 is 9.90 Å². The van der Waals surface area contributed by atoms with Crippen LogP contribution in [0.1, 0.15) is 12.5 Å². The molecule has 0 aromatic heterocycles. The van der Waals surface area contributed by atoms with Crippen molar-refractivity contribution in [1.82, 2.24) is 0 Å². The van der Waals surface area contributed by atoms with E-state index in [0.29, 0.717) is 11.6 Å². The summed E-state index contributed by atoms with van der Waals surface area (Å²) in [5, 5.41) is 15.9. The number of anilines is 2. The van der Waals surface area contributed by atoms with Gasteiger partial charge in [0, 0.05) is 34.6 Å². The molecule has 138 valence electrons. The van der Waals surface area contributed by atoms with Crippen molar-refractivity contribution in [2.75, 3.05) is 10.6 Å². The maximum Gasteiger partial charge on any atom is 0.221 e. The Kier molecular flexibility index (Phi) is 6.27. The van der Waals surface area contributed by atoms with Crippen LogP contribution in [0.4, 0.5) is 11.4 Å². The summed E-state index contributed by atoms with van der Waals surface area (Å²) < 4.78 is 0. The van der Waals surface area contributed by atoms with E-state index in [9.17, 15) is 9.90 Å². The summed E-state index contributed by atoms with van der Waals surface area (Å²) >= 11 is 7.62. The van der Waals surface area contributed by atoms with E-state index in [-0.39, 0.29) is 11.7 Å². The minimum atomic E-state index is -0.0823. The van der Waals surface area contributed by atoms with E-state index in [0.717, 1.165) is 26.7 Å². The van der Waals surface area contributed by atoms with Gasteiger partial charge in [-0.2, -0.15) is 0 Å². The molecule has 0 spiro atoms. The van der Waals surface area contributed by atoms with Gasteiger partial charge >= 0.3 is 0 Å². The first-order valence-corrected chi connectivity index (χ1v) is 9.56.